The summed E-state index contributed by atoms with van der Waals surface area (Å²) in [4.78, 5) is 2.60. The molecule has 0 fully saturated rings. The Balaban J connectivity index is 2.60. The van der Waals surface area contributed by atoms with Crippen LogP contribution in [0.4, 0.5) is 4.39 Å². The second-order valence-electron chi connectivity index (χ2n) is 3.73. The molecular weight excluding hydrogens is 280 g/mol. The van der Waals surface area contributed by atoms with Gasteiger partial charge < -0.3 is 4.90 Å². The molecule has 1 aromatic rings. The lowest BCUT2D eigenvalue weighted by atomic mass is 10.2. The van der Waals surface area contributed by atoms with Crippen molar-refractivity contribution in [3.8, 4) is 0 Å². The molecule has 1 nitrogen and oxygen atoms in total. The highest BCUT2D eigenvalue weighted by Gasteiger charge is 2.05. The van der Waals surface area contributed by atoms with E-state index in [-0.39, 0.29) is 10.8 Å². The predicted octanol–water partition coefficient (Wildman–Crippen LogP) is 3.69. The molecule has 0 saturated heterocycles. The fourth-order valence-corrected chi connectivity index (χ4v) is 2.14. The highest BCUT2D eigenvalue weighted by molar-refractivity contribution is 9.09. The van der Waals surface area contributed by atoms with Crippen LogP contribution in [0.25, 0.3) is 0 Å². The average Bonchev–Trinajstić information content (AvgIpc) is 2.10. The fraction of sp³-hybridized carbons (Fsp3) is 0.455. The minimum atomic E-state index is -0.364. The Morgan fingerprint density at radius 2 is 2.20 bits per heavy atom. The third-order valence-corrected chi connectivity index (χ3v) is 2.58. The monoisotopic (exact) mass is 293 g/mol. The number of alkyl halides is 1. The first-order valence-electron chi connectivity index (χ1n) is 4.75. The van der Waals surface area contributed by atoms with Gasteiger partial charge in [0, 0.05) is 17.9 Å². The van der Waals surface area contributed by atoms with Gasteiger partial charge in [0.1, 0.15) is 5.82 Å². The Morgan fingerprint density at radius 3 is 2.73 bits per heavy atom. The van der Waals surface area contributed by atoms with Crippen LogP contribution >= 0.6 is 27.5 Å². The standard InChI is InChI=1S/C11H14BrClFN/c1-8(12)6-15(2)7-9-3-4-11(14)10(13)5-9/h3-5,8H,6-7H2,1-2H3. The second-order valence-corrected chi connectivity index (χ2v) is 5.70. The minimum absolute atomic E-state index is 0.188. The zero-order valence-electron chi connectivity index (χ0n) is 8.80. The Morgan fingerprint density at radius 1 is 1.53 bits per heavy atom. The van der Waals surface area contributed by atoms with Gasteiger partial charge in [-0.3, -0.25) is 0 Å². The number of nitrogens with zero attached hydrogens (tertiary/aromatic N) is 1. The molecule has 1 aromatic carbocycles. The zero-order chi connectivity index (χ0) is 11.4. The fourth-order valence-electron chi connectivity index (χ4n) is 1.44. The summed E-state index contributed by atoms with van der Waals surface area (Å²) in [5.41, 5.74) is 1.03. The van der Waals surface area contributed by atoms with Crippen molar-refractivity contribution in [2.24, 2.45) is 0 Å². The Bertz CT molecular complexity index is 330. The number of hydrogen-bond acceptors (Lipinski definition) is 1. The van der Waals surface area contributed by atoms with Gasteiger partial charge in [0.15, 0.2) is 0 Å². The summed E-state index contributed by atoms with van der Waals surface area (Å²) in [6.45, 7) is 3.80. The van der Waals surface area contributed by atoms with Crippen LogP contribution in [0.15, 0.2) is 18.2 Å². The van der Waals surface area contributed by atoms with Gasteiger partial charge in [-0.05, 0) is 24.7 Å². The van der Waals surface area contributed by atoms with Crippen molar-refractivity contribution >= 4 is 27.5 Å². The molecule has 84 valence electrons. The molecule has 0 N–H and O–H groups in total. The van der Waals surface area contributed by atoms with Crippen molar-refractivity contribution in [1.29, 1.82) is 0 Å². The number of hydrogen-bond donors (Lipinski definition) is 0. The van der Waals surface area contributed by atoms with Crippen LogP contribution < -0.4 is 0 Å². The van der Waals surface area contributed by atoms with Crippen molar-refractivity contribution < 1.29 is 4.39 Å². The van der Waals surface area contributed by atoms with Crippen LogP contribution in [0.5, 0.6) is 0 Å². The van der Waals surface area contributed by atoms with E-state index in [1.165, 1.54) is 6.07 Å². The number of rotatable bonds is 4. The first-order valence-corrected chi connectivity index (χ1v) is 6.05. The molecule has 0 aliphatic heterocycles. The molecule has 0 aliphatic rings. The summed E-state index contributed by atoms with van der Waals surface area (Å²) < 4.78 is 12.9. The van der Waals surface area contributed by atoms with Gasteiger partial charge in [0.05, 0.1) is 5.02 Å². The van der Waals surface area contributed by atoms with Crippen molar-refractivity contribution in [2.45, 2.75) is 18.3 Å². The molecule has 1 rings (SSSR count). The van der Waals surface area contributed by atoms with E-state index in [4.69, 9.17) is 11.6 Å². The van der Waals surface area contributed by atoms with Crippen LogP contribution in [0.1, 0.15) is 12.5 Å². The van der Waals surface area contributed by atoms with Gasteiger partial charge in [-0.2, -0.15) is 0 Å². The molecule has 0 radical (unpaired) electrons. The molecule has 15 heavy (non-hydrogen) atoms. The molecule has 4 heteroatoms. The van der Waals surface area contributed by atoms with Crippen LogP contribution in [-0.4, -0.2) is 23.3 Å². The van der Waals surface area contributed by atoms with E-state index in [1.807, 2.05) is 7.05 Å². The topological polar surface area (TPSA) is 3.24 Å². The van der Waals surface area contributed by atoms with Gasteiger partial charge in [-0.1, -0.05) is 40.5 Å². The molecule has 0 saturated carbocycles. The van der Waals surface area contributed by atoms with E-state index >= 15 is 0 Å². The molecular formula is C11H14BrClFN. The van der Waals surface area contributed by atoms with Gasteiger partial charge >= 0.3 is 0 Å². The van der Waals surface area contributed by atoms with E-state index in [9.17, 15) is 4.39 Å². The molecule has 0 spiro atoms. The van der Waals surface area contributed by atoms with Gasteiger partial charge in [-0.25, -0.2) is 4.39 Å². The second kappa shape index (κ2) is 5.83. The molecule has 0 amide bonds. The SMILES string of the molecule is CC(Br)CN(C)Cc1ccc(F)c(Cl)c1. The lowest BCUT2D eigenvalue weighted by molar-refractivity contribution is 0.333. The van der Waals surface area contributed by atoms with Crippen molar-refractivity contribution in [3.63, 3.8) is 0 Å². The summed E-state index contributed by atoms with van der Waals surface area (Å²) in [7, 11) is 2.02. The third kappa shape index (κ3) is 4.49. The van der Waals surface area contributed by atoms with Crippen LogP contribution in [0.2, 0.25) is 5.02 Å². The van der Waals surface area contributed by atoms with Gasteiger partial charge in [-0.15, -0.1) is 0 Å². The molecule has 1 unspecified atom stereocenters. The Kier molecular flexibility index (Phi) is 5.03. The first kappa shape index (κ1) is 12.9. The summed E-state index contributed by atoms with van der Waals surface area (Å²) in [6.07, 6.45) is 0. The van der Waals surface area contributed by atoms with E-state index in [2.05, 4.69) is 27.8 Å². The first-order chi connectivity index (χ1) is 6.99. The van der Waals surface area contributed by atoms with E-state index < -0.39 is 0 Å². The maximum Gasteiger partial charge on any atom is 0.141 e. The number of benzene rings is 1. The van der Waals surface area contributed by atoms with Crippen molar-refractivity contribution in [2.75, 3.05) is 13.6 Å². The van der Waals surface area contributed by atoms with Crippen LogP contribution in [-0.2, 0) is 6.54 Å². The van der Waals surface area contributed by atoms with E-state index in [0.717, 1.165) is 18.7 Å². The van der Waals surface area contributed by atoms with Crippen molar-refractivity contribution in [3.05, 3.63) is 34.6 Å². The zero-order valence-corrected chi connectivity index (χ0v) is 11.1. The molecule has 0 heterocycles. The number of halogens is 3. The van der Waals surface area contributed by atoms with Gasteiger partial charge in [0.2, 0.25) is 0 Å². The minimum Gasteiger partial charge on any atom is -0.301 e. The summed E-state index contributed by atoms with van der Waals surface area (Å²) in [6, 6.07) is 4.84. The summed E-state index contributed by atoms with van der Waals surface area (Å²) in [5.74, 6) is -0.364. The lowest BCUT2D eigenvalue weighted by Crippen LogP contribution is -2.23. The van der Waals surface area contributed by atoms with Crippen LogP contribution in [0, 0.1) is 5.82 Å². The molecule has 0 aliphatic carbocycles. The molecule has 1 atom stereocenters. The van der Waals surface area contributed by atoms with E-state index in [0.29, 0.717) is 4.83 Å². The molecule has 0 bridgehead atoms. The highest BCUT2D eigenvalue weighted by atomic mass is 79.9. The molecule has 0 aromatic heterocycles. The summed E-state index contributed by atoms with van der Waals surface area (Å²) >= 11 is 9.19. The summed E-state index contributed by atoms with van der Waals surface area (Å²) in [5, 5.41) is 0.188. The highest BCUT2D eigenvalue weighted by Crippen LogP contribution is 2.17. The lowest BCUT2D eigenvalue weighted by Gasteiger charge is -2.18. The normalized spacial score (nSPS) is 13.2. The average molecular weight is 295 g/mol. The van der Waals surface area contributed by atoms with Gasteiger partial charge in [0.25, 0.3) is 0 Å². The maximum absolute atomic E-state index is 12.9. The predicted molar refractivity (Wildman–Crippen MR) is 66.1 cm³/mol. The Labute approximate surface area is 103 Å². The largest absolute Gasteiger partial charge is 0.301 e. The smallest absolute Gasteiger partial charge is 0.141 e. The Hall–Kier alpha value is -0.120. The quantitative estimate of drug-likeness (QED) is 0.766. The van der Waals surface area contributed by atoms with Crippen molar-refractivity contribution in [1.82, 2.24) is 4.90 Å². The third-order valence-electron chi connectivity index (χ3n) is 2.00. The van der Waals surface area contributed by atoms with E-state index in [1.54, 1.807) is 12.1 Å². The maximum atomic E-state index is 12.9. The van der Waals surface area contributed by atoms with Crippen LogP contribution in [0.3, 0.4) is 0 Å².